The van der Waals surface area contributed by atoms with Crippen LogP contribution in [0, 0.1) is 11.8 Å². The molecule has 0 aliphatic heterocycles. The summed E-state index contributed by atoms with van der Waals surface area (Å²) in [5, 5.41) is 0. The molecule has 0 N–H and O–H groups in total. The van der Waals surface area contributed by atoms with Crippen molar-refractivity contribution in [3.63, 3.8) is 0 Å². The van der Waals surface area contributed by atoms with Gasteiger partial charge in [-0.3, -0.25) is 14.4 Å². The van der Waals surface area contributed by atoms with Crippen LogP contribution in [-0.4, -0.2) is 37.2 Å². The zero-order valence-corrected chi connectivity index (χ0v) is 36.8. The normalized spacial score (nSPS) is 12.1. The average molecular weight is 765 g/mol. The zero-order valence-electron chi connectivity index (χ0n) is 36.8. The molecule has 54 heavy (non-hydrogen) atoms. The smallest absolute Gasteiger partial charge is 0.306 e. The molecular weight excluding hydrogens is 673 g/mol. The Kier molecular flexibility index (Phi) is 39.8. The Balaban J connectivity index is 4.33. The molecular formula is C48H92O6. The van der Waals surface area contributed by atoms with E-state index in [0.29, 0.717) is 19.3 Å². The summed E-state index contributed by atoms with van der Waals surface area (Å²) in [6, 6.07) is 0. The van der Waals surface area contributed by atoms with Gasteiger partial charge in [0.25, 0.3) is 0 Å². The van der Waals surface area contributed by atoms with Crippen LogP contribution in [0.25, 0.3) is 0 Å². The molecule has 0 aromatic heterocycles. The summed E-state index contributed by atoms with van der Waals surface area (Å²) in [7, 11) is 0. The van der Waals surface area contributed by atoms with Crippen LogP contribution in [0.1, 0.15) is 259 Å². The molecule has 320 valence electrons. The molecule has 6 nitrogen and oxygen atoms in total. The molecule has 0 radical (unpaired) electrons. The van der Waals surface area contributed by atoms with Crippen molar-refractivity contribution < 1.29 is 28.6 Å². The summed E-state index contributed by atoms with van der Waals surface area (Å²) in [6.07, 6.45) is 39.4. The number of carbonyl (C=O) groups excluding carboxylic acids is 3. The Hall–Kier alpha value is -1.59. The van der Waals surface area contributed by atoms with Crippen molar-refractivity contribution in [2.24, 2.45) is 11.8 Å². The van der Waals surface area contributed by atoms with E-state index in [9.17, 15) is 14.4 Å². The second-order valence-corrected chi connectivity index (χ2v) is 17.3. The molecule has 0 fully saturated rings. The van der Waals surface area contributed by atoms with E-state index in [1.54, 1.807) is 0 Å². The maximum atomic E-state index is 12.7. The second-order valence-electron chi connectivity index (χ2n) is 17.3. The van der Waals surface area contributed by atoms with E-state index < -0.39 is 6.10 Å². The Bertz CT molecular complexity index is 824. The third-order valence-corrected chi connectivity index (χ3v) is 10.7. The Morgan fingerprint density at radius 3 is 0.907 bits per heavy atom. The fraction of sp³-hybridized carbons (Fsp3) is 0.938. The van der Waals surface area contributed by atoms with Crippen molar-refractivity contribution in [1.29, 1.82) is 0 Å². The molecule has 0 saturated carbocycles. The van der Waals surface area contributed by atoms with Gasteiger partial charge in [-0.25, -0.2) is 0 Å². The Morgan fingerprint density at radius 1 is 0.352 bits per heavy atom. The highest BCUT2D eigenvalue weighted by Gasteiger charge is 2.19. The third kappa shape index (κ3) is 41.6. The first-order valence-electron chi connectivity index (χ1n) is 23.7. The van der Waals surface area contributed by atoms with Crippen molar-refractivity contribution >= 4 is 17.9 Å². The van der Waals surface area contributed by atoms with E-state index in [1.807, 2.05) is 0 Å². The van der Waals surface area contributed by atoms with Crippen molar-refractivity contribution in [1.82, 2.24) is 0 Å². The molecule has 6 heteroatoms. The molecule has 0 aromatic rings. The minimum atomic E-state index is -0.760. The van der Waals surface area contributed by atoms with Crippen LogP contribution in [-0.2, 0) is 28.6 Å². The van der Waals surface area contributed by atoms with Crippen LogP contribution in [0.3, 0.4) is 0 Å². The molecule has 0 aliphatic rings. The van der Waals surface area contributed by atoms with Gasteiger partial charge in [-0.05, 0) is 31.1 Å². The van der Waals surface area contributed by atoms with E-state index in [0.717, 1.165) is 69.6 Å². The van der Waals surface area contributed by atoms with Crippen LogP contribution >= 0.6 is 0 Å². The Labute approximate surface area is 336 Å². The lowest BCUT2D eigenvalue weighted by atomic mass is 10.0. The molecule has 0 saturated heterocycles. The highest BCUT2D eigenvalue weighted by atomic mass is 16.6. The van der Waals surface area contributed by atoms with Crippen LogP contribution in [0.4, 0.5) is 0 Å². The topological polar surface area (TPSA) is 78.9 Å². The third-order valence-electron chi connectivity index (χ3n) is 10.7. The molecule has 0 aromatic carbocycles. The molecule has 0 bridgehead atoms. The first kappa shape index (κ1) is 52.4. The Morgan fingerprint density at radius 2 is 0.611 bits per heavy atom. The summed E-state index contributed by atoms with van der Waals surface area (Å²) in [5.41, 5.74) is 0. The molecule has 0 aliphatic carbocycles. The monoisotopic (exact) mass is 765 g/mol. The maximum Gasteiger partial charge on any atom is 0.306 e. The molecule has 0 rings (SSSR count). The number of unbranched alkanes of at least 4 members (excludes halogenated alkanes) is 27. The summed E-state index contributed by atoms with van der Waals surface area (Å²) in [5.74, 6) is 0.779. The highest BCUT2D eigenvalue weighted by Crippen LogP contribution is 2.17. The quantitative estimate of drug-likeness (QED) is 0.0350. The largest absolute Gasteiger partial charge is 0.462 e. The lowest BCUT2D eigenvalue weighted by molar-refractivity contribution is -0.167. The summed E-state index contributed by atoms with van der Waals surface area (Å²) < 4.78 is 16.7. The maximum absolute atomic E-state index is 12.7. The lowest BCUT2D eigenvalue weighted by Gasteiger charge is -2.18. The number of carbonyl (C=O) groups is 3. The van der Waals surface area contributed by atoms with Crippen molar-refractivity contribution in [3.05, 3.63) is 0 Å². The van der Waals surface area contributed by atoms with E-state index >= 15 is 0 Å². The van der Waals surface area contributed by atoms with Gasteiger partial charge < -0.3 is 14.2 Å². The molecule has 0 amide bonds. The first-order valence-corrected chi connectivity index (χ1v) is 23.7. The molecule has 0 spiro atoms. The standard InChI is InChI=1S/C48H92O6/c1-6-7-8-9-10-11-18-23-28-33-38-46(49)52-41-45(54-48(51)40-35-30-25-20-15-13-17-22-27-32-37-44(4)5)42-53-47(50)39-34-29-24-19-14-12-16-21-26-31-36-43(2)3/h43-45H,6-42H2,1-5H3/t45-/m0/s1. The van der Waals surface area contributed by atoms with Gasteiger partial charge in [-0.15, -0.1) is 0 Å². The van der Waals surface area contributed by atoms with Gasteiger partial charge in [0.1, 0.15) is 13.2 Å². The lowest BCUT2D eigenvalue weighted by Crippen LogP contribution is -2.30. The number of esters is 3. The van der Waals surface area contributed by atoms with Gasteiger partial charge in [0.05, 0.1) is 0 Å². The SMILES string of the molecule is CCCCCCCCCCCCC(=O)OC[C@@H](COC(=O)CCCCCCCCCCCCC(C)C)OC(=O)CCCCCCCCCCCCC(C)C. The van der Waals surface area contributed by atoms with Gasteiger partial charge >= 0.3 is 17.9 Å². The molecule has 1 atom stereocenters. The average Bonchev–Trinajstić information content (AvgIpc) is 3.14. The van der Waals surface area contributed by atoms with Crippen LogP contribution in [0.2, 0.25) is 0 Å². The number of ether oxygens (including phenoxy) is 3. The fourth-order valence-corrected chi connectivity index (χ4v) is 7.11. The zero-order chi connectivity index (χ0) is 39.7. The van der Waals surface area contributed by atoms with Crippen LogP contribution in [0.15, 0.2) is 0 Å². The van der Waals surface area contributed by atoms with E-state index in [1.165, 1.54) is 148 Å². The first-order chi connectivity index (χ1) is 26.2. The molecule has 0 heterocycles. The highest BCUT2D eigenvalue weighted by molar-refractivity contribution is 5.71. The summed E-state index contributed by atoms with van der Waals surface area (Å²) >= 11 is 0. The fourth-order valence-electron chi connectivity index (χ4n) is 7.11. The van der Waals surface area contributed by atoms with Crippen molar-refractivity contribution in [2.45, 2.75) is 265 Å². The van der Waals surface area contributed by atoms with Gasteiger partial charge in [-0.2, -0.15) is 0 Å². The van der Waals surface area contributed by atoms with Crippen LogP contribution < -0.4 is 0 Å². The van der Waals surface area contributed by atoms with Crippen LogP contribution in [0.5, 0.6) is 0 Å². The summed E-state index contributed by atoms with van der Waals surface area (Å²) in [4.78, 5) is 37.7. The van der Waals surface area contributed by atoms with E-state index in [2.05, 4.69) is 34.6 Å². The number of rotatable bonds is 42. The number of hydrogen-bond donors (Lipinski definition) is 0. The predicted octanol–water partition coefficient (Wildman–Crippen LogP) is 15.0. The molecule has 0 unspecified atom stereocenters. The van der Waals surface area contributed by atoms with Gasteiger partial charge in [0.15, 0.2) is 6.10 Å². The minimum absolute atomic E-state index is 0.0647. The van der Waals surface area contributed by atoms with E-state index in [-0.39, 0.29) is 31.1 Å². The second kappa shape index (κ2) is 41.1. The predicted molar refractivity (Wildman–Crippen MR) is 229 cm³/mol. The number of hydrogen-bond acceptors (Lipinski definition) is 6. The summed E-state index contributed by atoms with van der Waals surface area (Å²) in [6.45, 7) is 11.3. The van der Waals surface area contributed by atoms with Gasteiger partial charge in [0, 0.05) is 19.3 Å². The van der Waals surface area contributed by atoms with Crippen molar-refractivity contribution in [2.75, 3.05) is 13.2 Å². The van der Waals surface area contributed by atoms with Gasteiger partial charge in [-0.1, -0.05) is 221 Å². The van der Waals surface area contributed by atoms with E-state index in [4.69, 9.17) is 14.2 Å². The van der Waals surface area contributed by atoms with Gasteiger partial charge in [0.2, 0.25) is 0 Å². The van der Waals surface area contributed by atoms with Crippen molar-refractivity contribution in [3.8, 4) is 0 Å². The minimum Gasteiger partial charge on any atom is -0.462 e.